The summed E-state index contributed by atoms with van der Waals surface area (Å²) in [6, 6.07) is 20.5. The molecule has 0 aliphatic carbocycles. The van der Waals surface area contributed by atoms with Crippen LogP contribution in [0.5, 0.6) is 5.75 Å². The van der Waals surface area contributed by atoms with Crippen LogP contribution in [0.3, 0.4) is 0 Å². The Bertz CT molecular complexity index is 1140. The number of ketones is 1. The number of carbonyl (C=O) groups excluding carboxylic acids is 2. The van der Waals surface area contributed by atoms with Gasteiger partial charge in [-0.2, -0.15) is 0 Å². The highest BCUT2D eigenvalue weighted by Crippen LogP contribution is 2.43. The number of halogens is 1. The van der Waals surface area contributed by atoms with Gasteiger partial charge in [0.1, 0.15) is 11.5 Å². The van der Waals surface area contributed by atoms with Crippen molar-refractivity contribution in [1.29, 1.82) is 0 Å². The van der Waals surface area contributed by atoms with E-state index in [-0.39, 0.29) is 17.1 Å². The fourth-order valence-corrected chi connectivity index (χ4v) is 3.67. The first-order chi connectivity index (χ1) is 14.0. The van der Waals surface area contributed by atoms with Crippen LogP contribution in [0.1, 0.15) is 17.2 Å². The lowest BCUT2D eigenvalue weighted by Gasteiger charge is -2.25. The molecule has 1 amide bonds. The molecule has 0 bridgehead atoms. The molecule has 0 spiro atoms. The minimum Gasteiger partial charge on any atom is -0.508 e. The van der Waals surface area contributed by atoms with Crippen LogP contribution >= 0.6 is 11.6 Å². The number of Topliss-reactive ketones (excluding diaryl/α,β-unsaturated/α-hetero) is 1. The zero-order valence-corrected chi connectivity index (χ0v) is 15.9. The SMILES string of the molecule is O=C1C(=O)N(c2cccc(Cl)c2)C(c2cccc(O)c2)/C1=C(\O)c1ccccc1. The van der Waals surface area contributed by atoms with Crippen LogP contribution in [-0.2, 0) is 9.59 Å². The van der Waals surface area contributed by atoms with Gasteiger partial charge in [-0.25, -0.2) is 0 Å². The molecule has 1 atom stereocenters. The molecule has 4 rings (SSSR count). The first-order valence-electron chi connectivity index (χ1n) is 8.88. The quantitative estimate of drug-likeness (QED) is 0.377. The fraction of sp³-hybridized carbons (Fsp3) is 0.0435. The monoisotopic (exact) mass is 405 g/mol. The van der Waals surface area contributed by atoms with Crippen LogP contribution in [0, 0.1) is 0 Å². The standard InChI is InChI=1S/C23H16ClNO4/c24-16-9-5-10-17(13-16)25-20(15-8-4-11-18(26)12-15)19(22(28)23(25)29)21(27)14-6-2-1-3-7-14/h1-13,20,26-27H/b21-19+. The number of aliphatic hydroxyl groups is 1. The van der Waals surface area contributed by atoms with E-state index in [2.05, 4.69) is 0 Å². The third-order valence-corrected chi connectivity index (χ3v) is 5.00. The summed E-state index contributed by atoms with van der Waals surface area (Å²) in [7, 11) is 0. The van der Waals surface area contributed by atoms with Crippen molar-refractivity contribution in [1.82, 2.24) is 0 Å². The Kier molecular flexibility index (Phi) is 4.82. The summed E-state index contributed by atoms with van der Waals surface area (Å²) >= 11 is 6.10. The van der Waals surface area contributed by atoms with Crippen LogP contribution in [0.4, 0.5) is 5.69 Å². The summed E-state index contributed by atoms with van der Waals surface area (Å²) in [6.07, 6.45) is 0. The van der Waals surface area contributed by atoms with Crippen LogP contribution in [0.2, 0.25) is 5.02 Å². The Morgan fingerprint density at radius 2 is 1.62 bits per heavy atom. The zero-order chi connectivity index (χ0) is 20.5. The topological polar surface area (TPSA) is 77.8 Å². The number of anilines is 1. The summed E-state index contributed by atoms with van der Waals surface area (Å²) in [5, 5.41) is 21.3. The summed E-state index contributed by atoms with van der Waals surface area (Å²) in [4.78, 5) is 27.2. The number of phenols is 1. The van der Waals surface area contributed by atoms with E-state index in [0.717, 1.165) is 0 Å². The van der Waals surface area contributed by atoms with Crippen molar-refractivity contribution >= 4 is 34.7 Å². The van der Waals surface area contributed by atoms with Gasteiger partial charge in [0.2, 0.25) is 0 Å². The normalized spacial score (nSPS) is 18.2. The van der Waals surface area contributed by atoms with Gasteiger partial charge in [0.05, 0.1) is 11.6 Å². The second-order valence-electron chi connectivity index (χ2n) is 6.61. The lowest BCUT2D eigenvalue weighted by Crippen LogP contribution is -2.29. The lowest BCUT2D eigenvalue weighted by molar-refractivity contribution is -0.132. The van der Waals surface area contributed by atoms with Gasteiger partial charge < -0.3 is 10.2 Å². The zero-order valence-electron chi connectivity index (χ0n) is 15.1. The van der Waals surface area contributed by atoms with E-state index in [4.69, 9.17) is 11.6 Å². The highest BCUT2D eigenvalue weighted by atomic mass is 35.5. The molecule has 0 aromatic heterocycles. The molecule has 0 saturated carbocycles. The Labute approximate surface area is 172 Å². The molecule has 0 radical (unpaired) electrons. The van der Waals surface area contributed by atoms with Gasteiger partial charge in [0.25, 0.3) is 11.7 Å². The molecule has 29 heavy (non-hydrogen) atoms. The first kappa shape index (κ1) is 18.8. The largest absolute Gasteiger partial charge is 0.508 e. The summed E-state index contributed by atoms with van der Waals surface area (Å²) < 4.78 is 0. The molecule has 3 aromatic rings. The van der Waals surface area contributed by atoms with Gasteiger partial charge in [-0.15, -0.1) is 0 Å². The molecule has 5 nitrogen and oxygen atoms in total. The Morgan fingerprint density at radius 3 is 2.31 bits per heavy atom. The molecule has 2 N–H and O–H groups in total. The second-order valence-corrected chi connectivity index (χ2v) is 7.05. The van der Waals surface area contributed by atoms with E-state index in [1.807, 2.05) is 0 Å². The predicted molar refractivity (Wildman–Crippen MR) is 111 cm³/mol. The molecular weight excluding hydrogens is 390 g/mol. The maximum atomic E-state index is 13.0. The molecule has 1 heterocycles. The molecule has 1 aliphatic rings. The number of amides is 1. The van der Waals surface area contributed by atoms with Crippen molar-refractivity contribution in [3.8, 4) is 5.75 Å². The number of hydrogen-bond acceptors (Lipinski definition) is 4. The Balaban J connectivity index is 1.97. The second kappa shape index (κ2) is 7.45. The number of rotatable bonds is 3. The maximum Gasteiger partial charge on any atom is 0.300 e. The van der Waals surface area contributed by atoms with E-state index in [1.54, 1.807) is 66.7 Å². The summed E-state index contributed by atoms with van der Waals surface area (Å²) in [5.41, 5.74) is 1.27. The van der Waals surface area contributed by atoms with E-state index in [0.29, 0.717) is 21.8 Å². The van der Waals surface area contributed by atoms with Crippen molar-refractivity contribution in [2.75, 3.05) is 4.90 Å². The van der Waals surface area contributed by atoms with Crippen LogP contribution in [0.25, 0.3) is 5.76 Å². The number of benzene rings is 3. The molecule has 6 heteroatoms. The van der Waals surface area contributed by atoms with Crippen molar-refractivity contribution in [2.24, 2.45) is 0 Å². The van der Waals surface area contributed by atoms with Gasteiger partial charge in [-0.1, -0.05) is 60.1 Å². The van der Waals surface area contributed by atoms with Crippen molar-refractivity contribution in [2.45, 2.75) is 6.04 Å². The van der Waals surface area contributed by atoms with Crippen LogP contribution < -0.4 is 4.90 Å². The molecule has 1 fully saturated rings. The van der Waals surface area contributed by atoms with Crippen LogP contribution in [-0.4, -0.2) is 21.9 Å². The number of hydrogen-bond donors (Lipinski definition) is 2. The Morgan fingerprint density at radius 1 is 0.897 bits per heavy atom. The third-order valence-electron chi connectivity index (χ3n) is 4.76. The average Bonchev–Trinajstić information content (AvgIpc) is 2.99. The van der Waals surface area contributed by atoms with Crippen molar-refractivity contribution in [3.63, 3.8) is 0 Å². The van der Waals surface area contributed by atoms with Gasteiger partial charge >= 0.3 is 0 Å². The number of phenolic OH excluding ortho intramolecular Hbond substituents is 1. The lowest BCUT2D eigenvalue weighted by atomic mass is 9.95. The Hall–Kier alpha value is -3.57. The number of nitrogens with zero attached hydrogens (tertiary/aromatic N) is 1. The molecule has 144 valence electrons. The van der Waals surface area contributed by atoms with Crippen molar-refractivity contribution < 1.29 is 19.8 Å². The number of aromatic hydroxyl groups is 1. The fourth-order valence-electron chi connectivity index (χ4n) is 3.49. The number of carbonyl (C=O) groups is 2. The molecule has 1 saturated heterocycles. The van der Waals surface area contributed by atoms with E-state index in [9.17, 15) is 19.8 Å². The van der Waals surface area contributed by atoms with Gasteiger partial charge in [-0.05, 0) is 35.9 Å². The first-order valence-corrected chi connectivity index (χ1v) is 9.26. The molecule has 1 aliphatic heterocycles. The van der Waals surface area contributed by atoms with Crippen molar-refractivity contribution in [3.05, 3.63) is 101 Å². The van der Waals surface area contributed by atoms with Gasteiger partial charge in [-0.3, -0.25) is 14.5 Å². The highest BCUT2D eigenvalue weighted by molar-refractivity contribution is 6.51. The molecular formula is C23H16ClNO4. The van der Waals surface area contributed by atoms with Crippen LogP contribution in [0.15, 0.2) is 84.4 Å². The van der Waals surface area contributed by atoms with E-state index < -0.39 is 17.7 Å². The minimum absolute atomic E-state index is 0.0149. The average molecular weight is 406 g/mol. The predicted octanol–water partition coefficient (Wildman–Crippen LogP) is 4.67. The third kappa shape index (κ3) is 3.37. The summed E-state index contributed by atoms with van der Waals surface area (Å²) in [5.74, 6) is -1.88. The highest BCUT2D eigenvalue weighted by Gasteiger charge is 2.47. The molecule has 1 unspecified atom stereocenters. The van der Waals surface area contributed by atoms with E-state index >= 15 is 0 Å². The van der Waals surface area contributed by atoms with Gasteiger partial charge in [0.15, 0.2) is 0 Å². The minimum atomic E-state index is -0.916. The van der Waals surface area contributed by atoms with E-state index in [1.165, 1.54) is 17.0 Å². The van der Waals surface area contributed by atoms with Gasteiger partial charge in [0, 0.05) is 16.3 Å². The molecule has 3 aromatic carbocycles. The summed E-state index contributed by atoms with van der Waals surface area (Å²) in [6.45, 7) is 0. The smallest absolute Gasteiger partial charge is 0.300 e. The maximum absolute atomic E-state index is 13.0. The number of aliphatic hydroxyl groups excluding tert-OH is 1.